The maximum Gasteiger partial charge on any atom is 0.243 e. The van der Waals surface area contributed by atoms with Gasteiger partial charge in [-0.3, -0.25) is 4.79 Å². The van der Waals surface area contributed by atoms with E-state index in [0.717, 1.165) is 22.0 Å². The normalized spacial score (nSPS) is 17.7. The lowest BCUT2D eigenvalue weighted by molar-refractivity contribution is -0.122. The Bertz CT molecular complexity index is 1130. The standard InChI is InChI=1S/C28H29BrN2O2/c1-28(2,3)22-11-9-20(10-12-22)24-16-25(24)27(32)31-30-17-21-15-23(29)13-14-26(21)33-18-19-7-5-4-6-8-19/h4-15,17,24-25H,16,18H2,1-3H3,(H,31,32)/b30-17+/t24-,25+/m0/s1. The third kappa shape index (κ3) is 6.11. The van der Waals surface area contributed by atoms with Gasteiger partial charge in [0, 0.05) is 16.0 Å². The number of hydrazone groups is 1. The molecular formula is C28H29BrN2O2. The first kappa shape index (κ1) is 23.2. The first-order chi connectivity index (χ1) is 15.8. The van der Waals surface area contributed by atoms with Crippen molar-refractivity contribution >= 4 is 28.1 Å². The van der Waals surface area contributed by atoms with E-state index in [-0.39, 0.29) is 23.2 Å². The summed E-state index contributed by atoms with van der Waals surface area (Å²) in [6.45, 7) is 7.08. The highest BCUT2D eigenvalue weighted by Crippen LogP contribution is 2.47. The van der Waals surface area contributed by atoms with Crippen LogP contribution in [0, 0.1) is 5.92 Å². The van der Waals surface area contributed by atoms with Crippen molar-refractivity contribution in [3.63, 3.8) is 0 Å². The Morgan fingerprint density at radius 3 is 2.52 bits per heavy atom. The second kappa shape index (κ2) is 9.92. The molecule has 1 aliphatic rings. The fraction of sp³-hybridized carbons (Fsp3) is 0.286. The van der Waals surface area contributed by atoms with Crippen LogP contribution in [0.1, 0.15) is 55.4 Å². The van der Waals surface area contributed by atoms with E-state index in [0.29, 0.717) is 12.4 Å². The maximum absolute atomic E-state index is 12.6. The van der Waals surface area contributed by atoms with Crippen molar-refractivity contribution in [2.24, 2.45) is 11.0 Å². The number of nitrogens with one attached hydrogen (secondary N) is 1. The largest absolute Gasteiger partial charge is 0.488 e. The van der Waals surface area contributed by atoms with Crippen LogP contribution in [0.25, 0.3) is 0 Å². The molecule has 0 aromatic heterocycles. The average molecular weight is 505 g/mol. The number of rotatable bonds is 7. The molecule has 4 nitrogen and oxygen atoms in total. The van der Waals surface area contributed by atoms with E-state index < -0.39 is 0 Å². The van der Waals surface area contributed by atoms with Crippen LogP contribution in [-0.4, -0.2) is 12.1 Å². The number of nitrogens with zero attached hydrogens (tertiary/aromatic N) is 1. The minimum Gasteiger partial charge on any atom is -0.488 e. The van der Waals surface area contributed by atoms with E-state index in [2.05, 4.69) is 71.5 Å². The highest BCUT2D eigenvalue weighted by atomic mass is 79.9. The minimum absolute atomic E-state index is 0.0288. The van der Waals surface area contributed by atoms with Crippen LogP contribution < -0.4 is 10.2 Å². The van der Waals surface area contributed by atoms with E-state index in [1.807, 2.05) is 48.5 Å². The Balaban J connectivity index is 1.34. The molecule has 0 unspecified atom stereocenters. The summed E-state index contributed by atoms with van der Waals surface area (Å²) >= 11 is 3.49. The number of hydrogen-bond donors (Lipinski definition) is 1. The Morgan fingerprint density at radius 1 is 1.09 bits per heavy atom. The SMILES string of the molecule is CC(C)(C)c1ccc([C@@H]2C[C@H]2C(=O)N/N=C/c2cc(Br)ccc2OCc2ccccc2)cc1. The van der Waals surface area contributed by atoms with Crippen molar-refractivity contribution < 1.29 is 9.53 Å². The van der Waals surface area contributed by atoms with Crippen molar-refractivity contribution in [2.75, 3.05) is 0 Å². The molecule has 2 atom stereocenters. The Labute approximate surface area is 204 Å². The lowest BCUT2D eigenvalue weighted by atomic mass is 9.86. The molecule has 0 saturated heterocycles. The lowest BCUT2D eigenvalue weighted by Gasteiger charge is -2.19. The maximum atomic E-state index is 12.6. The summed E-state index contributed by atoms with van der Waals surface area (Å²) in [6, 6.07) is 24.4. The number of halogens is 1. The summed E-state index contributed by atoms with van der Waals surface area (Å²) in [6.07, 6.45) is 2.50. The molecule has 1 fully saturated rings. The van der Waals surface area contributed by atoms with Gasteiger partial charge in [-0.1, -0.05) is 91.3 Å². The summed E-state index contributed by atoms with van der Waals surface area (Å²) in [4.78, 5) is 12.6. The van der Waals surface area contributed by atoms with Gasteiger partial charge in [0.2, 0.25) is 5.91 Å². The van der Waals surface area contributed by atoms with Crippen LogP contribution >= 0.6 is 15.9 Å². The number of amides is 1. The molecule has 33 heavy (non-hydrogen) atoms. The fourth-order valence-electron chi connectivity index (χ4n) is 3.82. The molecule has 5 heteroatoms. The number of benzene rings is 3. The third-order valence-electron chi connectivity index (χ3n) is 5.92. The van der Waals surface area contributed by atoms with Crippen LogP contribution in [0.5, 0.6) is 5.75 Å². The van der Waals surface area contributed by atoms with Crippen molar-refractivity contribution in [2.45, 2.75) is 45.1 Å². The molecule has 0 aliphatic heterocycles. The Kier molecular flexibility index (Phi) is 6.99. The molecule has 0 radical (unpaired) electrons. The first-order valence-corrected chi connectivity index (χ1v) is 12.0. The van der Waals surface area contributed by atoms with Crippen LogP contribution in [0.15, 0.2) is 82.4 Å². The van der Waals surface area contributed by atoms with E-state index in [4.69, 9.17) is 4.74 Å². The van der Waals surface area contributed by atoms with E-state index in [1.165, 1.54) is 11.1 Å². The zero-order valence-electron chi connectivity index (χ0n) is 19.2. The summed E-state index contributed by atoms with van der Waals surface area (Å²) in [5, 5.41) is 4.21. The molecule has 3 aromatic rings. The molecule has 0 heterocycles. The van der Waals surface area contributed by atoms with Gasteiger partial charge in [0.05, 0.1) is 6.21 Å². The highest BCUT2D eigenvalue weighted by Gasteiger charge is 2.44. The summed E-state index contributed by atoms with van der Waals surface area (Å²) in [5.41, 5.74) is 7.24. The fourth-order valence-corrected chi connectivity index (χ4v) is 4.20. The molecule has 3 aromatic carbocycles. The Morgan fingerprint density at radius 2 is 1.82 bits per heavy atom. The van der Waals surface area contributed by atoms with Crippen molar-refractivity contribution in [3.8, 4) is 5.75 Å². The van der Waals surface area contributed by atoms with Gasteiger partial charge in [0.15, 0.2) is 0 Å². The second-order valence-electron chi connectivity index (χ2n) is 9.51. The van der Waals surface area contributed by atoms with Gasteiger partial charge in [0.25, 0.3) is 0 Å². The van der Waals surface area contributed by atoms with Crippen LogP contribution in [-0.2, 0) is 16.8 Å². The van der Waals surface area contributed by atoms with Gasteiger partial charge in [-0.05, 0) is 52.6 Å². The van der Waals surface area contributed by atoms with Crippen LogP contribution in [0.4, 0.5) is 0 Å². The quantitative estimate of drug-likeness (QED) is 0.291. The summed E-state index contributed by atoms with van der Waals surface area (Å²) < 4.78 is 6.90. The van der Waals surface area contributed by atoms with Gasteiger partial charge in [-0.15, -0.1) is 0 Å². The van der Waals surface area contributed by atoms with E-state index in [1.54, 1.807) is 6.21 Å². The molecular weight excluding hydrogens is 476 g/mol. The number of carbonyl (C=O) groups is 1. The lowest BCUT2D eigenvalue weighted by Crippen LogP contribution is -2.20. The molecule has 1 amide bonds. The van der Waals surface area contributed by atoms with Gasteiger partial charge >= 0.3 is 0 Å². The molecule has 1 saturated carbocycles. The molecule has 170 valence electrons. The van der Waals surface area contributed by atoms with Crippen LogP contribution in [0.2, 0.25) is 0 Å². The zero-order valence-corrected chi connectivity index (χ0v) is 20.8. The van der Waals surface area contributed by atoms with Crippen LogP contribution in [0.3, 0.4) is 0 Å². The predicted molar refractivity (Wildman–Crippen MR) is 137 cm³/mol. The van der Waals surface area contributed by atoms with Crippen molar-refractivity contribution in [1.82, 2.24) is 5.43 Å². The molecule has 0 bridgehead atoms. The predicted octanol–water partition coefficient (Wildman–Crippen LogP) is 6.58. The zero-order chi connectivity index (χ0) is 23.4. The third-order valence-corrected chi connectivity index (χ3v) is 6.41. The average Bonchev–Trinajstić information content (AvgIpc) is 3.60. The van der Waals surface area contributed by atoms with Gasteiger partial charge in [-0.25, -0.2) is 5.43 Å². The molecule has 0 spiro atoms. The molecule has 4 rings (SSSR count). The van der Waals surface area contributed by atoms with Gasteiger partial charge in [0.1, 0.15) is 12.4 Å². The second-order valence-corrected chi connectivity index (χ2v) is 10.4. The van der Waals surface area contributed by atoms with Crippen molar-refractivity contribution in [1.29, 1.82) is 0 Å². The highest BCUT2D eigenvalue weighted by molar-refractivity contribution is 9.10. The van der Waals surface area contributed by atoms with Crippen molar-refractivity contribution in [3.05, 3.63) is 99.5 Å². The topological polar surface area (TPSA) is 50.7 Å². The number of hydrogen-bond acceptors (Lipinski definition) is 3. The van der Waals surface area contributed by atoms with E-state index >= 15 is 0 Å². The van der Waals surface area contributed by atoms with Gasteiger partial charge < -0.3 is 4.74 Å². The van der Waals surface area contributed by atoms with E-state index in [9.17, 15) is 4.79 Å². The Hall–Kier alpha value is -2.92. The minimum atomic E-state index is -0.0436. The van der Waals surface area contributed by atoms with Gasteiger partial charge in [-0.2, -0.15) is 5.10 Å². The number of carbonyl (C=O) groups excluding carboxylic acids is 1. The first-order valence-electron chi connectivity index (χ1n) is 11.2. The monoisotopic (exact) mass is 504 g/mol. The summed E-state index contributed by atoms with van der Waals surface area (Å²) in [7, 11) is 0. The number of ether oxygens (including phenoxy) is 1. The molecule has 1 aliphatic carbocycles. The summed E-state index contributed by atoms with van der Waals surface area (Å²) in [5.74, 6) is 0.907. The smallest absolute Gasteiger partial charge is 0.243 e. The molecule has 1 N–H and O–H groups in total.